The molecule has 0 bridgehead atoms. The first kappa shape index (κ1) is 27.0. The van der Waals surface area contributed by atoms with Gasteiger partial charge in [0.15, 0.2) is 11.6 Å². The molecule has 0 radical (unpaired) electrons. The van der Waals surface area contributed by atoms with Crippen molar-refractivity contribution in [2.75, 3.05) is 13.7 Å². The molecule has 2 aromatic rings. The highest BCUT2D eigenvalue weighted by atomic mass is 19.4. The number of hydrogen-bond donors (Lipinski definition) is 2. The summed E-state index contributed by atoms with van der Waals surface area (Å²) in [7, 11) is 1.44. The van der Waals surface area contributed by atoms with Gasteiger partial charge >= 0.3 is 12.1 Å². The summed E-state index contributed by atoms with van der Waals surface area (Å²) in [5.41, 5.74) is 0.958. The molecule has 2 N–H and O–H groups in total. The normalized spacial score (nSPS) is 19.0. The van der Waals surface area contributed by atoms with Crippen LogP contribution in [-0.4, -0.2) is 24.7 Å². The van der Waals surface area contributed by atoms with Crippen LogP contribution in [0.15, 0.2) is 36.4 Å². The minimum atomic E-state index is -4.50. The SMILES string of the molecule is COc1cc(C(C)NCCCC2CCC(c3ccc(CCC(=O)O)c(C(F)(F)F)c3)C2)ccc1F. The maximum Gasteiger partial charge on any atom is 0.416 e. The third-order valence-corrected chi connectivity index (χ3v) is 6.98. The van der Waals surface area contributed by atoms with Crippen molar-refractivity contribution in [3.8, 4) is 5.75 Å². The standard InChI is InChI=1S/C27H33F4NO3/c1-17(20-9-11-24(28)25(16-20)35-2)32-13-3-4-18-5-6-21(14-18)22-8-7-19(10-12-26(33)34)23(15-22)27(29,30)31/h7-9,11,15-18,21,32H,3-6,10,12-14H2,1-2H3,(H,33,34). The summed E-state index contributed by atoms with van der Waals surface area (Å²) in [6.45, 7) is 2.80. The van der Waals surface area contributed by atoms with Gasteiger partial charge in [-0.05, 0) is 98.7 Å². The van der Waals surface area contributed by atoms with Crippen LogP contribution < -0.4 is 10.1 Å². The zero-order valence-electron chi connectivity index (χ0n) is 20.1. The Hall–Kier alpha value is -2.61. The predicted molar refractivity (Wildman–Crippen MR) is 126 cm³/mol. The number of nitrogens with one attached hydrogen (secondary N) is 1. The van der Waals surface area contributed by atoms with Gasteiger partial charge in [0.2, 0.25) is 0 Å². The highest BCUT2D eigenvalue weighted by Crippen LogP contribution is 2.42. The van der Waals surface area contributed by atoms with Gasteiger partial charge < -0.3 is 15.2 Å². The fraction of sp³-hybridized carbons (Fsp3) is 0.519. The van der Waals surface area contributed by atoms with E-state index < -0.39 is 23.5 Å². The van der Waals surface area contributed by atoms with Crippen molar-refractivity contribution in [2.45, 2.75) is 70.0 Å². The average molecular weight is 496 g/mol. The summed E-state index contributed by atoms with van der Waals surface area (Å²) in [5, 5.41) is 12.3. The van der Waals surface area contributed by atoms with Crippen molar-refractivity contribution in [3.63, 3.8) is 0 Å². The lowest BCUT2D eigenvalue weighted by Gasteiger charge is -2.18. The van der Waals surface area contributed by atoms with Crippen molar-refractivity contribution in [1.29, 1.82) is 0 Å². The Labute approximate surface area is 203 Å². The number of carboxylic acid groups (broad SMARTS) is 1. The third-order valence-electron chi connectivity index (χ3n) is 6.98. The lowest BCUT2D eigenvalue weighted by Crippen LogP contribution is -2.20. The van der Waals surface area contributed by atoms with E-state index in [4.69, 9.17) is 9.84 Å². The smallest absolute Gasteiger partial charge is 0.416 e. The Morgan fingerprint density at radius 1 is 1.20 bits per heavy atom. The van der Waals surface area contributed by atoms with E-state index in [0.29, 0.717) is 11.5 Å². The van der Waals surface area contributed by atoms with Crippen molar-refractivity contribution < 1.29 is 32.2 Å². The minimum absolute atomic E-state index is 0.0390. The number of carbonyl (C=O) groups is 1. The predicted octanol–water partition coefficient (Wildman–Crippen LogP) is 6.89. The van der Waals surface area contributed by atoms with E-state index in [1.165, 1.54) is 25.3 Å². The largest absolute Gasteiger partial charge is 0.494 e. The third kappa shape index (κ3) is 7.43. The second-order valence-corrected chi connectivity index (χ2v) is 9.40. The monoisotopic (exact) mass is 495 g/mol. The number of halogens is 4. The Bertz CT molecular complexity index is 1010. The highest BCUT2D eigenvalue weighted by molar-refractivity contribution is 5.67. The van der Waals surface area contributed by atoms with Crippen molar-refractivity contribution >= 4 is 5.97 Å². The summed E-state index contributed by atoms with van der Waals surface area (Å²) in [4.78, 5) is 10.8. The van der Waals surface area contributed by atoms with E-state index in [-0.39, 0.29) is 36.1 Å². The quantitative estimate of drug-likeness (QED) is 0.263. The minimum Gasteiger partial charge on any atom is -0.494 e. The van der Waals surface area contributed by atoms with Crippen LogP contribution in [0.3, 0.4) is 0 Å². The van der Waals surface area contributed by atoms with Gasteiger partial charge in [-0.25, -0.2) is 4.39 Å². The Balaban J connectivity index is 1.50. The number of aliphatic carboxylic acids is 1. The first-order chi connectivity index (χ1) is 16.6. The number of aryl methyl sites for hydroxylation is 1. The number of methoxy groups -OCH3 is 1. The first-order valence-electron chi connectivity index (χ1n) is 12.1. The zero-order chi connectivity index (χ0) is 25.6. The van der Waals surface area contributed by atoms with Gasteiger partial charge in [-0.2, -0.15) is 13.2 Å². The summed E-state index contributed by atoms with van der Waals surface area (Å²) in [5.74, 6) is -0.729. The molecule has 8 heteroatoms. The molecule has 1 aliphatic rings. The van der Waals surface area contributed by atoms with Crippen molar-refractivity contribution in [2.24, 2.45) is 5.92 Å². The van der Waals surface area contributed by atoms with E-state index >= 15 is 0 Å². The lowest BCUT2D eigenvalue weighted by atomic mass is 9.91. The van der Waals surface area contributed by atoms with E-state index in [0.717, 1.165) is 44.2 Å². The fourth-order valence-corrected chi connectivity index (χ4v) is 4.98. The van der Waals surface area contributed by atoms with Crippen LogP contribution in [0.4, 0.5) is 17.6 Å². The second kappa shape index (κ2) is 11.9. The molecule has 0 heterocycles. The van der Waals surface area contributed by atoms with Crippen molar-refractivity contribution in [1.82, 2.24) is 5.32 Å². The topological polar surface area (TPSA) is 58.6 Å². The molecule has 0 aliphatic heterocycles. The molecule has 3 unspecified atom stereocenters. The summed E-state index contributed by atoms with van der Waals surface area (Å²) >= 11 is 0. The molecular weight excluding hydrogens is 462 g/mol. The van der Waals surface area contributed by atoms with Gasteiger partial charge in [0.05, 0.1) is 12.7 Å². The molecule has 1 aliphatic carbocycles. The molecule has 2 aromatic carbocycles. The molecule has 0 saturated heterocycles. The van der Waals surface area contributed by atoms with Crippen LogP contribution in [-0.2, 0) is 17.4 Å². The van der Waals surface area contributed by atoms with Gasteiger partial charge in [0.1, 0.15) is 0 Å². The van der Waals surface area contributed by atoms with Crippen LogP contribution in [0.25, 0.3) is 0 Å². The number of benzene rings is 2. The molecule has 0 amide bonds. The van der Waals surface area contributed by atoms with Crippen LogP contribution >= 0.6 is 0 Å². The highest BCUT2D eigenvalue weighted by Gasteiger charge is 2.35. The molecule has 35 heavy (non-hydrogen) atoms. The Morgan fingerprint density at radius 3 is 2.66 bits per heavy atom. The van der Waals surface area contributed by atoms with Gasteiger partial charge in [-0.15, -0.1) is 0 Å². The van der Waals surface area contributed by atoms with E-state index in [1.807, 2.05) is 6.92 Å². The van der Waals surface area contributed by atoms with Gasteiger partial charge in [-0.3, -0.25) is 4.79 Å². The van der Waals surface area contributed by atoms with Crippen LogP contribution in [0.1, 0.15) is 79.7 Å². The number of carboxylic acids is 1. The van der Waals surface area contributed by atoms with Crippen LogP contribution in [0.5, 0.6) is 5.75 Å². The zero-order valence-corrected chi connectivity index (χ0v) is 20.1. The lowest BCUT2D eigenvalue weighted by molar-refractivity contribution is -0.140. The molecular formula is C27H33F4NO3. The molecule has 3 atom stereocenters. The summed E-state index contributed by atoms with van der Waals surface area (Å²) in [6, 6.07) is 9.28. The van der Waals surface area contributed by atoms with Gasteiger partial charge in [0.25, 0.3) is 0 Å². The molecule has 192 valence electrons. The van der Waals surface area contributed by atoms with Gasteiger partial charge in [0, 0.05) is 12.5 Å². The molecule has 0 aromatic heterocycles. The number of ether oxygens (including phenoxy) is 1. The van der Waals surface area contributed by atoms with Crippen LogP contribution in [0.2, 0.25) is 0 Å². The second-order valence-electron chi connectivity index (χ2n) is 9.40. The molecule has 1 saturated carbocycles. The molecule has 0 spiro atoms. The number of rotatable bonds is 11. The number of alkyl halides is 3. The average Bonchev–Trinajstić information content (AvgIpc) is 3.29. The van der Waals surface area contributed by atoms with E-state index in [2.05, 4.69) is 5.32 Å². The molecule has 3 rings (SSSR count). The Morgan fingerprint density at radius 2 is 1.97 bits per heavy atom. The van der Waals surface area contributed by atoms with Gasteiger partial charge in [-0.1, -0.05) is 18.2 Å². The maximum absolute atomic E-state index is 13.6. The maximum atomic E-state index is 13.6. The Kier molecular flexibility index (Phi) is 9.16. The van der Waals surface area contributed by atoms with E-state index in [1.54, 1.807) is 18.2 Å². The molecule has 4 nitrogen and oxygen atoms in total. The summed E-state index contributed by atoms with van der Waals surface area (Å²) in [6.07, 6.45) is -0.320. The number of hydrogen-bond acceptors (Lipinski definition) is 3. The molecule has 1 fully saturated rings. The first-order valence-corrected chi connectivity index (χ1v) is 12.1. The summed E-state index contributed by atoms with van der Waals surface area (Å²) < 4.78 is 59.4. The fourth-order valence-electron chi connectivity index (χ4n) is 4.98. The van der Waals surface area contributed by atoms with Crippen LogP contribution in [0, 0.1) is 11.7 Å². The van der Waals surface area contributed by atoms with Crippen molar-refractivity contribution in [3.05, 3.63) is 64.5 Å². The van der Waals surface area contributed by atoms with E-state index in [9.17, 15) is 22.4 Å².